The van der Waals surface area contributed by atoms with Gasteiger partial charge in [0.25, 0.3) is 5.91 Å². The van der Waals surface area contributed by atoms with Crippen LogP contribution in [0.15, 0.2) is 18.2 Å². The predicted molar refractivity (Wildman–Crippen MR) is 72.1 cm³/mol. The average molecular weight is 268 g/mol. The molecule has 0 radical (unpaired) electrons. The summed E-state index contributed by atoms with van der Waals surface area (Å²) in [5.41, 5.74) is 0.949. The van der Waals surface area contributed by atoms with Crippen molar-refractivity contribution >= 4 is 17.5 Å². The van der Waals surface area contributed by atoms with Crippen LogP contribution in [0.2, 0.25) is 5.02 Å². The number of carbonyl (C=O) groups is 1. The lowest BCUT2D eigenvalue weighted by Gasteiger charge is -2.12. The lowest BCUT2D eigenvalue weighted by molar-refractivity contribution is -0.123. The zero-order valence-electron chi connectivity index (χ0n) is 10.5. The van der Waals surface area contributed by atoms with Gasteiger partial charge in [0.15, 0.2) is 6.61 Å². The van der Waals surface area contributed by atoms with Crippen molar-refractivity contribution in [3.63, 3.8) is 0 Å². The summed E-state index contributed by atoms with van der Waals surface area (Å²) >= 11 is 5.92. The average Bonchev–Trinajstić information content (AvgIpc) is 2.83. The first-order valence-electron chi connectivity index (χ1n) is 6.33. The fourth-order valence-electron chi connectivity index (χ4n) is 2.20. The lowest BCUT2D eigenvalue weighted by atomic mass is 10.2. The Morgan fingerprint density at radius 1 is 1.44 bits per heavy atom. The molecule has 0 saturated heterocycles. The maximum absolute atomic E-state index is 11.7. The minimum absolute atomic E-state index is 0.0468. The van der Waals surface area contributed by atoms with Crippen LogP contribution in [0.1, 0.15) is 31.2 Å². The van der Waals surface area contributed by atoms with E-state index in [9.17, 15) is 4.79 Å². The molecule has 1 N–H and O–H groups in total. The first-order valence-corrected chi connectivity index (χ1v) is 6.71. The zero-order valence-corrected chi connectivity index (χ0v) is 11.3. The molecule has 0 aromatic heterocycles. The molecule has 4 heteroatoms. The molecule has 0 bridgehead atoms. The third-order valence-corrected chi connectivity index (χ3v) is 3.64. The fourth-order valence-corrected chi connectivity index (χ4v) is 2.31. The van der Waals surface area contributed by atoms with Crippen LogP contribution in [-0.4, -0.2) is 18.6 Å². The standard InChI is InChI=1S/C14H18ClNO2/c1-10-8-12(6-7-13(10)15)18-9-14(17)16-11-4-2-3-5-11/h6-8,11H,2-5,9H2,1H3,(H,16,17). The summed E-state index contributed by atoms with van der Waals surface area (Å²) in [5, 5.41) is 3.69. The Kier molecular flexibility index (Phi) is 4.48. The molecular weight excluding hydrogens is 250 g/mol. The number of rotatable bonds is 4. The third kappa shape index (κ3) is 3.64. The maximum atomic E-state index is 11.7. The minimum Gasteiger partial charge on any atom is -0.484 e. The molecule has 1 aromatic rings. The molecule has 0 spiro atoms. The van der Waals surface area contributed by atoms with E-state index >= 15 is 0 Å². The Balaban J connectivity index is 1.79. The second kappa shape index (κ2) is 6.10. The highest BCUT2D eigenvalue weighted by Gasteiger charge is 2.17. The molecule has 0 heterocycles. The number of carbonyl (C=O) groups excluding carboxylic acids is 1. The Morgan fingerprint density at radius 3 is 2.83 bits per heavy atom. The SMILES string of the molecule is Cc1cc(OCC(=O)NC2CCCC2)ccc1Cl. The fraction of sp³-hybridized carbons (Fsp3) is 0.500. The summed E-state index contributed by atoms with van der Waals surface area (Å²) in [6, 6.07) is 5.73. The van der Waals surface area contributed by atoms with Crippen LogP contribution in [-0.2, 0) is 4.79 Å². The van der Waals surface area contributed by atoms with Crippen molar-refractivity contribution in [2.45, 2.75) is 38.6 Å². The first kappa shape index (κ1) is 13.2. The number of halogens is 1. The van der Waals surface area contributed by atoms with Crippen molar-refractivity contribution in [2.75, 3.05) is 6.61 Å². The highest BCUT2D eigenvalue weighted by molar-refractivity contribution is 6.31. The smallest absolute Gasteiger partial charge is 0.258 e. The van der Waals surface area contributed by atoms with Crippen LogP contribution in [0.4, 0.5) is 0 Å². The van der Waals surface area contributed by atoms with E-state index in [4.69, 9.17) is 16.3 Å². The molecule has 0 unspecified atom stereocenters. The number of aryl methyl sites for hydroxylation is 1. The van der Waals surface area contributed by atoms with Gasteiger partial charge in [0.05, 0.1) is 0 Å². The number of hydrogen-bond donors (Lipinski definition) is 1. The van der Waals surface area contributed by atoms with Gasteiger partial charge in [0, 0.05) is 11.1 Å². The van der Waals surface area contributed by atoms with Gasteiger partial charge in [-0.05, 0) is 43.5 Å². The zero-order chi connectivity index (χ0) is 13.0. The lowest BCUT2D eigenvalue weighted by Crippen LogP contribution is -2.36. The molecule has 1 aromatic carbocycles. The minimum atomic E-state index is -0.0468. The maximum Gasteiger partial charge on any atom is 0.258 e. The van der Waals surface area contributed by atoms with E-state index < -0.39 is 0 Å². The molecule has 3 nitrogen and oxygen atoms in total. The largest absolute Gasteiger partial charge is 0.484 e. The molecule has 0 atom stereocenters. The summed E-state index contributed by atoms with van der Waals surface area (Å²) in [6.45, 7) is 1.98. The summed E-state index contributed by atoms with van der Waals surface area (Å²) in [5.74, 6) is 0.632. The van der Waals surface area contributed by atoms with Gasteiger partial charge in [0.1, 0.15) is 5.75 Å². The van der Waals surface area contributed by atoms with Crippen molar-refractivity contribution < 1.29 is 9.53 Å². The van der Waals surface area contributed by atoms with Crippen LogP contribution < -0.4 is 10.1 Å². The highest BCUT2D eigenvalue weighted by atomic mass is 35.5. The van der Waals surface area contributed by atoms with E-state index in [2.05, 4.69) is 5.32 Å². The van der Waals surface area contributed by atoms with Gasteiger partial charge in [-0.1, -0.05) is 24.4 Å². The molecule has 1 fully saturated rings. The summed E-state index contributed by atoms with van der Waals surface area (Å²) in [4.78, 5) is 11.7. The van der Waals surface area contributed by atoms with E-state index in [-0.39, 0.29) is 12.5 Å². The normalized spacial score (nSPS) is 15.7. The number of benzene rings is 1. The number of nitrogens with one attached hydrogen (secondary N) is 1. The van der Waals surface area contributed by atoms with E-state index in [1.807, 2.05) is 13.0 Å². The van der Waals surface area contributed by atoms with Gasteiger partial charge in [0.2, 0.25) is 0 Å². The van der Waals surface area contributed by atoms with E-state index in [0.29, 0.717) is 16.8 Å². The summed E-state index contributed by atoms with van der Waals surface area (Å²) < 4.78 is 5.44. The summed E-state index contributed by atoms with van der Waals surface area (Å²) in [7, 11) is 0. The van der Waals surface area contributed by atoms with Crippen molar-refractivity contribution in [3.05, 3.63) is 28.8 Å². The Labute approximate surface area is 112 Å². The van der Waals surface area contributed by atoms with Crippen LogP contribution in [0, 0.1) is 6.92 Å². The quantitative estimate of drug-likeness (QED) is 0.910. The first-order chi connectivity index (χ1) is 8.65. The van der Waals surface area contributed by atoms with Crippen molar-refractivity contribution in [1.29, 1.82) is 0 Å². The van der Waals surface area contributed by atoms with Gasteiger partial charge < -0.3 is 10.1 Å². The summed E-state index contributed by atoms with van der Waals surface area (Å²) in [6.07, 6.45) is 4.60. The van der Waals surface area contributed by atoms with Crippen molar-refractivity contribution in [1.82, 2.24) is 5.32 Å². The van der Waals surface area contributed by atoms with Gasteiger partial charge in [-0.15, -0.1) is 0 Å². The molecule has 1 amide bonds. The van der Waals surface area contributed by atoms with E-state index in [0.717, 1.165) is 18.4 Å². The molecule has 98 valence electrons. The molecule has 2 rings (SSSR count). The second-order valence-electron chi connectivity index (χ2n) is 4.75. The monoisotopic (exact) mass is 267 g/mol. The Bertz CT molecular complexity index is 428. The van der Waals surface area contributed by atoms with Gasteiger partial charge in [-0.25, -0.2) is 0 Å². The van der Waals surface area contributed by atoms with Gasteiger partial charge in [-0.3, -0.25) is 4.79 Å². The Morgan fingerprint density at radius 2 is 2.17 bits per heavy atom. The molecule has 0 aliphatic heterocycles. The number of amides is 1. The van der Waals surface area contributed by atoms with Crippen LogP contribution in [0.25, 0.3) is 0 Å². The van der Waals surface area contributed by atoms with Crippen molar-refractivity contribution in [2.24, 2.45) is 0 Å². The number of ether oxygens (including phenoxy) is 1. The third-order valence-electron chi connectivity index (χ3n) is 3.22. The second-order valence-corrected chi connectivity index (χ2v) is 5.16. The van der Waals surface area contributed by atoms with E-state index in [1.54, 1.807) is 12.1 Å². The van der Waals surface area contributed by atoms with Crippen molar-refractivity contribution in [3.8, 4) is 5.75 Å². The van der Waals surface area contributed by atoms with Crippen LogP contribution >= 0.6 is 11.6 Å². The topological polar surface area (TPSA) is 38.3 Å². The molecule has 18 heavy (non-hydrogen) atoms. The van der Waals surface area contributed by atoms with Gasteiger partial charge >= 0.3 is 0 Å². The van der Waals surface area contributed by atoms with Crippen LogP contribution in [0.5, 0.6) is 5.75 Å². The molecular formula is C14H18ClNO2. The molecule has 1 aliphatic rings. The highest BCUT2D eigenvalue weighted by Crippen LogP contribution is 2.21. The Hall–Kier alpha value is -1.22. The van der Waals surface area contributed by atoms with E-state index in [1.165, 1.54) is 12.8 Å². The predicted octanol–water partition coefficient (Wildman–Crippen LogP) is 3.09. The molecule has 1 saturated carbocycles. The molecule has 1 aliphatic carbocycles. The van der Waals surface area contributed by atoms with Crippen LogP contribution in [0.3, 0.4) is 0 Å². The number of hydrogen-bond acceptors (Lipinski definition) is 2. The van der Waals surface area contributed by atoms with Gasteiger partial charge in [-0.2, -0.15) is 0 Å².